The minimum atomic E-state index is -0.547. The molecule has 45 heavy (non-hydrogen) atoms. The van der Waals surface area contributed by atoms with E-state index in [-0.39, 0.29) is 11.6 Å². The topological polar surface area (TPSA) is 113 Å². The van der Waals surface area contributed by atoms with Crippen LogP contribution in [0.15, 0.2) is 143 Å². The van der Waals surface area contributed by atoms with Gasteiger partial charge in [0.25, 0.3) is 11.8 Å². The maximum atomic E-state index is 13.5. The average Bonchev–Trinajstić information content (AvgIpc) is 3.74. The van der Waals surface area contributed by atoms with Crippen LogP contribution < -0.4 is 16.0 Å². The Hall–Kier alpha value is -5.45. The minimum Gasteiger partial charge on any atom is -0.465 e. The first-order chi connectivity index (χ1) is 22.0. The van der Waals surface area contributed by atoms with Gasteiger partial charge in [-0.25, -0.2) is 4.98 Å². The molecule has 2 aromatic heterocycles. The zero-order valence-electron chi connectivity index (χ0n) is 23.7. The maximum Gasteiger partial charge on any atom is 0.272 e. The number of aromatic nitrogens is 1. The number of anilines is 2. The normalized spacial score (nSPS) is 12.0. The third kappa shape index (κ3) is 7.56. The SMILES string of the molecule is O=C(Nc1ccc(SC(C(=O)Nc2nc3ccccc3s2)c2ccccc2)cc1)/C(=C/c1ccco1)NC(=O)c1ccccc1. The van der Waals surface area contributed by atoms with Crippen molar-refractivity contribution >= 4 is 67.9 Å². The lowest BCUT2D eigenvalue weighted by molar-refractivity contribution is -0.116. The summed E-state index contributed by atoms with van der Waals surface area (Å²) in [5.41, 5.74) is 2.63. The number of fused-ring (bicyclic) bond motifs is 1. The van der Waals surface area contributed by atoms with E-state index in [0.29, 0.717) is 22.1 Å². The molecule has 3 amide bonds. The van der Waals surface area contributed by atoms with Crippen LogP contribution >= 0.6 is 23.1 Å². The van der Waals surface area contributed by atoms with Gasteiger partial charge in [0.1, 0.15) is 16.7 Å². The first kappa shape index (κ1) is 29.6. The molecular formula is C35H26N4O4S2. The lowest BCUT2D eigenvalue weighted by Crippen LogP contribution is -2.30. The van der Waals surface area contributed by atoms with Crippen LogP contribution in [0.3, 0.4) is 0 Å². The molecule has 0 bridgehead atoms. The third-order valence-electron chi connectivity index (χ3n) is 6.59. The molecule has 8 nitrogen and oxygen atoms in total. The van der Waals surface area contributed by atoms with Crippen LogP contribution in [0.4, 0.5) is 10.8 Å². The van der Waals surface area contributed by atoms with E-state index in [1.807, 2.05) is 72.8 Å². The van der Waals surface area contributed by atoms with Gasteiger partial charge in [-0.2, -0.15) is 0 Å². The molecule has 0 aliphatic rings. The molecular weight excluding hydrogens is 605 g/mol. The molecule has 222 valence electrons. The molecule has 1 unspecified atom stereocenters. The molecule has 10 heteroatoms. The van der Waals surface area contributed by atoms with Crippen molar-refractivity contribution in [2.24, 2.45) is 0 Å². The maximum absolute atomic E-state index is 13.5. The highest BCUT2D eigenvalue weighted by molar-refractivity contribution is 8.00. The number of thiazole rings is 1. The third-order valence-corrected chi connectivity index (χ3v) is 8.81. The van der Waals surface area contributed by atoms with Crippen LogP contribution in [0.25, 0.3) is 16.3 Å². The summed E-state index contributed by atoms with van der Waals surface area (Å²) in [4.78, 5) is 45.0. The first-order valence-electron chi connectivity index (χ1n) is 13.9. The van der Waals surface area contributed by atoms with Gasteiger partial charge in [0.15, 0.2) is 5.13 Å². The Morgan fingerprint density at radius 3 is 2.20 bits per heavy atom. The van der Waals surface area contributed by atoms with Gasteiger partial charge in [-0.3, -0.25) is 14.4 Å². The highest BCUT2D eigenvalue weighted by Crippen LogP contribution is 2.37. The van der Waals surface area contributed by atoms with E-state index in [0.717, 1.165) is 20.7 Å². The Morgan fingerprint density at radius 1 is 0.778 bits per heavy atom. The van der Waals surface area contributed by atoms with Gasteiger partial charge >= 0.3 is 0 Å². The fourth-order valence-corrected chi connectivity index (χ4v) is 6.30. The van der Waals surface area contributed by atoms with Crippen LogP contribution in [-0.4, -0.2) is 22.7 Å². The van der Waals surface area contributed by atoms with Gasteiger partial charge in [-0.15, -0.1) is 11.8 Å². The Kier molecular flexibility index (Phi) is 9.14. The minimum absolute atomic E-state index is 0.0212. The van der Waals surface area contributed by atoms with Crippen molar-refractivity contribution in [2.45, 2.75) is 10.1 Å². The number of carbonyl (C=O) groups excluding carboxylic acids is 3. The van der Waals surface area contributed by atoms with Crippen molar-refractivity contribution in [2.75, 3.05) is 10.6 Å². The van der Waals surface area contributed by atoms with Gasteiger partial charge < -0.3 is 20.4 Å². The number of amides is 3. The molecule has 0 saturated carbocycles. The lowest BCUT2D eigenvalue weighted by atomic mass is 10.1. The monoisotopic (exact) mass is 630 g/mol. The Balaban J connectivity index is 1.17. The van der Waals surface area contributed by atoms with Crippen molar-refractivity contribution in [3.63, 3.8) is 0 Å². The quantitative estimate of drug-likeness (QED) is 0.105. The zero-order valence-corrected chi connectivity index (χ0v) is 25.3. The second-order valence-corrected chi connectivity index (χ2v) is 12.0. The van der Waals surface area contributed by atoms with E-state index < -0.39 is 17.1 Å². The average molecular weight is 631 g/mol. The van der Waals surface area contributed by atoms with Crippen LogP contribution in [-0.2, 0) is 9.59 Å². The summed E-state index contributed by atoms with van der Waals surface area (Å²) >= 11 is 2.82. The summed E-state index contributed by atoms with van der Waals surface area (Å²) in [6.45, 7) is 0. The molecule has 6 aromatic rings. The molecule has 0 radical (unpaired) electrons. The first-order valence-corrected chi connectivity index (χ1v) is 15.6. The summed E-state index contributed by atoms with van der Waals surface area (Å²) < 4.78 is 6.36. The molecule has 3 N–H and O–H groups in total. The van der Waals surface area contributed by atoms with Crippen molar-refractivity contribution in [1.82, 2.24) is 10.3 Å². The summed E-state index contributed by atoms with van der Waals surface area (Å²) in [5, 5.41) is 8.50. The number of nitrogens with one attached hydrogen (secondary N) is 3. The predicted octanol–water partition coefficient (Wildman–Crippen LogP) is 7.77. The van der Waals surface area contributed by atoms with Gasteiger partial charge in [-0.05, 0) is 66.2 Å². The van der Waals surface area contributed by atoms with Gasteiger partial charge in [0.05, 0.1) is 16.5 Å². The van der Waals surface area contributed by atoms with E-state index in [1.165, 1.54) is 35.4 Å². The van der Waals surface area contributed by atoms with Crippen LogP contribution in [0.1, 0.15) is 26.9 Å². The van der Waals surface area contributed by atoms with Crippen LogP contribution in [0.5, 0.6) is 0 Å². The largest absolute Gasteiger partial charge is 0.465 e. The number of hydrogen-bond acceptors (Lipinski definition) is 7. The Labute approximate surface area is 267 Å². The molecule has 4 aromatic carbocycles. The van der Waals surface area contributed by atoms with Crippen molar-refractivity contribution in [3.05, 3.63) is 150 Å². The molecule has 2 heterocycles. The summed E-state index contributed by atoms with van der Waals surface area (Å²) in [5.74, 6) is -0.722. The van der Waals surface area contributed by atoms with Gasteiger partial charge in [0, 0.05) is 22.2 Å². The van der Waals surface area contributed by atoms with Crippen molar-refractivity contribution < 1.29 is 18.8 Å². The number of thioether (sulfide) groups is 1. The van der Waals surface area contributed by atoms with E-state index in [9.17, 15) is 14.4 Å². The number of carbonyl (C=O) groups is 3. The number of furan rings is 1. The van der Waals surface area contributed by atoms with Crippen LogP contribution in [0, 0.1) is 0 Å². The van der Waals surface area contributed by atoms with E-state index in [1.54, 1.807) is 48.5 Å². The fourth-order valence-electron chi connectivity index (χ4n) is 4.41. The van der Waals surface area contributed by atoms with Crippen molar-refractivity contribution in [3.8, 4) is 0 Å². The lowest BCUT2D eigenvalue weighted by Gasteiger charge is -2.16. The highest BCUT2D eigenvalue weighted by Gasteiger charge is 2.23. The molecule has 6 rings (SSSR count). The number of hydrogen-bond donors (Lipinski definition) is 3. The van der Waals surface area contributed by atoms with Gasteiger partial charge in [0.2, 0.25) is 5.91 Å². The predicted molar refractivity (Wildman–Crippen MR) is 179 cm³/mol. The number of para-hydroxylation sites is 1. The molecule has 0 aliphatic heterocycles. The smallest absolute Gasteiger partial charge is 0.272 e. The number of benzene rings is 4. The molecule has 1 atom stereocenters. The summed E-state index contributed by atoms with van der Waals surface area (Å²) in [6, 6.07) is 36.5. The van der Waals surface area contributed by atoms with Crippen molar-refractivity contribution in [1.29, 1.82) is 0 Å². The highest BCUT2D eigenvalue weighted by atomic mass is 32.2. The fraction of sp³-hybridized carbons (Fsp3) is 0.0286. The molecule has 0 spiro atoms. The zero-order chi connectivity index (χ0) is 31.0. The van der Waals surface area contributed by atoms with E-state index in [4.69, 9.17) is 4.42 Å². The Morgan fingerprint density at radius 2 is 1.49 bits per heavy atom. The second kappa shape index (κ2) is 13.9. The van der Waals surface area contributed by atoms with E-state index >= 15 is 0 Å². The Bertz CT molecular complexity index is 1920. The number of nitrogens with zero attached hydrogens (tertiary/aromatic N) is 1. The number of rotatable bonds is 10. The van der Waals surface area contributed by atoms with Crippen LogP contribution in [0.2, 0.25) is 0 Å². The van der Waals surface area contributed by atoms with E-state index in [2.05, 4.69) is 20.9 Å². The standard InChI is InChI=1S/C35H26N4O4S2/c40-32(24-12-5-2-6-13-24)37-29(22-26-14-9-21-43-26)33(41)36-25-17-19-27(20-18-25)44-31(23-10-3-1-4-11-23)34(42)39-35-38-28-15-7-8-16-30(28)45-35/h1-22,31H,(H,36,41)(H,37,40)(H,38,39,42)/b29-22-. The molecule has 0 fully saturated rings. The summed E-state index contributed by atoms with van der Waals surface area (Å²) in [7, 11) is 0. The summed E-state index contributed by atoms with van der Waals surface area (Å²) in [6.07, 6.45) is 2.95. The molecule has 0 saturated heterocycles. The van der Waals surface area contributed by atoms with Gasteiger partial charge in [-0.1, -0.05) is 72.0 Å². The second-order valence-electron chi connectivity index (χ2n) is 9.76. The molecule has 0 aliphatic carbocycles.